The number of hydrogen-bond acceptors (Lipinski definition) is 5. The maximum absolute atomic E-state index is 10.5. The van der Waals surface area contributed by atoms with Gasteiger partial charge in [0.25, 0.3) is 0 Å². The van der Waals surface area contributed by atoms with Crippen LogP contribution in [0.1, 0.15) is 22.7 Å². The summed E-state index contributed by atoms with van der Waals surface area (Å²) < 4.78 is 4.83. The number of aromatic carboxylic acids is 1. The molecule has 84 valence electrons. The molecule has 0 spiro atoms. The maximum atomic E-state index is 10.5. The zero-order valence-electron chi connectivity index (χ0n) is 8.52. The van der Waals surface area contributed by atoms with Crippen molar-refractivity contribution in [3.8, 4) is 0 Å². The van der Waals surface area contributed by atoms with E-state index >= 15 is 0 Å². The number of nitrogens with zero attached hydrogens (tertiary/aromatic N) is 1. The van der Waals surface area contributed by atoms with Crippen molar-refractivity contribution < 1.29 is 14.4 Å². The fourth-order valence-electron chi connectivity index (χ4n) is 1.05. The Morgan fingerprint density at radius 2 is 2.53 bits per heavy atom. The summed E-state index contributed by atoms with van der Waals surface area (Å²) in [4.78, 5) is 10.5. The Hall–Kier alpha value is -1.01. The van der Waals surface area contributed by atoms with Crippen LogP contribution in [0.5, 0.6) is 0 Å². The molecule has 0 bridgehead atoms. The van der Waals surface area contributed by atoms with E-state index in [-0.39, 0.29) is 5.69 Å². The summed E-state index contributed by atoms with van der Waals surface area (Å²) in [5.74, 6) is 0.605. The van der Waals surface area contributed by atoms with E-state index in [2.05, 4.69) is 16.7 Å². The first-order valence-corrected chi connectivity index (χ1v) is 6.02. The number of carboxylic acid groups (broad SMARTS) is 1. The van der Waals surface area contributed by atoms with Gasteiger partial charge in [-0.05, 0) is 25.0 Å². The molecule has 0 atom stereocenters. The Morgan fingerprint density at radius 3 is 3.13 bits per heavy atom. The molecule has 0 aliphatic rings. The second-order valence-corrected chi connectivity index (χ2v) is 3.99. The fourth-order valence-corrected chi connectivity index (χ4v) is 1.48. The van der Waals surface area contributed by atoms with Crippen molar-refractivity contribution >= 4 is 17.7 Å². The van der Waals surface area contributed by atoms with Gasteiger partial charge in [-0.15, -0.1) is 0 Å². The lowest BCUT2D eigenvalue weighted by molar-refractivity contribution is 0.0685. The van der Waals surface area contributed by atoms with Crippen molar-refractivity contribution in [3.63, 3.8) is 0 Å². The summed E-state index contributed by atoms with van der Waals surface area (Å²) in [5.41, 5.74) is -0.0455. The highest BCUT2D eigenvalue weighted by Crippen LogP contribution is 2.03. The van der Waals surface area contributed by atoms with Crippen molar-refractivity contribution in [2.75, 3.05) is 18.6 Å². The van der Waals surface area contributed by atoms with E-state index in [1.54, 1.807) is 11.8 Å². The Kier molecular flexibility index (Phi) is 5.20. The van der Waals surface area contributed by atoms with Gasteiger partial charge in [0, 0.05) is 6.07 Å². The summed E-state index contributed by atoms with van der Waals surface area (Å²) in [5, 5.41) is 15.2. The number of aromatic nitrogens is 1. The van der Waals surface area contributed by atoms with Crippen molar-refractivity contribution in [1.82, 2.24) is 10.5 Å². The fraction of sp³-hybridized carbons (Fsp3) is 0.556. The van der Waals surface area contributed by atoms with Gasteiger partial charge < -0.3 is 14.9 Å². The standard InChI is InChI=1S/C9H14N2O3S/c1-15-4-2-3-10-6-7-5-8(9(12)13)11-14-7/h5,10H,2-4,6H2,1H3,(H,12,13). The number of hydrogen-bond donors (Lipinski definition) is 2. The van der Waals surface area contributed by atoms with Crippen LogP contribution in [0.2, 0.25) is 0 Å². The summed E-state index contributed by atoms with van der Waals surface area (Å²) >= 11 is 1.80. The number of carboxylic acids is 1. The van der Waals surface area contributed by atoms with Crippen molar-refractivity contribution in [3.05, 3.63) is 17.5 Å². The summed E-state index contributed by atoms with van der Waals surface area (Å²) in [7, 11) is 0. The van der Waals surface area contributed by atoms with Crippen LogP contribution in [0.4, 0.5) is 0 Å². The lowest BCUT2D eigenvalue weighted by Crippen LogP contribution is -2.14. The zero-order chi connectivity index (χ0) is 11.1. The molecule has 0 amide bonds. The van der Waals surface area contributed by atoms with Crippen LogP contribution in [0.15, 0.2) is 10.6 Å². The Morgan fingerprint density at radius 1 is 1.73 bits per heavy atom. The second kappa shape index (κ2) is 6.47. The lowest BCUT2D eigenvalue weighted by Gasteiger charge is -1.99. The Balaban J connectivity index is 2.23. The number of carbonyl (C=O) groups is 1. The number of thioether (sulfide) groups is 1. The van der Waals surface area contributed by atoms with Gasteiger partial charge in [-0.1, -0.05) is 5.16 Å². The van der Waals surface area contributed by atoms with E-state index in [1.807, 2.05) is 0 Å². The first-order chi connectivity index (χ1) is 7.24. The van der Waals surface area contributed by atoms with Crippen LogP contribution in [0, 0.1) is 0 Å². The first-order valence-electron chi connectivity index (χ1n) is 4.62. The van der Waals surface area contributed by atoms with E-state index in [4.69, 9.17) is 9.63 Å². The molecule has 0 saturated carbocycles. The normalized spacial score (nSPS) is 10.5. The molecule has 5 nitrogen and oxygen atoms in total. The molecule has 0 aliphatic heterocycles. The van der Waals surface area contributed by atoms with Crippen LogP contribution in [-0.4, -0.2) is 34.8 Å². The van der Waals surface area contributed by atoms with E-state index in [9.17, 15) is 4.79 Å². The molecule has 1 heterocycles. The minimum absolute atomic E-state index is 0.0455. The number of rotatable bonds is 7. The third-order valence-corrected chi connectivity index (χ3v) is 2.48. The molecular formula is C9H14N2O3S. The van der Waals surface area contributed by atoms with Gasteiger partial charge in [0.15, 0.2) is 11.5 Å². The molecule has 1 aromatic heterocycles. The molecule has 0 radical (unpaired) electrons. The predicted octanol–water partition coefficient (Wildman–Crippen LogP) is 1.22. The zero-order valence-corrected chi connectivity index (χ0v) is 9.34. The van der Waals surface area contributed by atoms with Crippen LogP contribution >= 0.6 is 11.8 Å². The first kappa shape index (κ1) is 12.1. The highest BCUT2D eigenvalue weighted by atomic mass is 32.2. The van der Waals surface area contributed by atoms with E-state index in [1.165, 1.54) is 6.07 Å². The van der Waals surface area contributed by atoms with Crippen molar-refractivity contribution in [2.45, 2.75) is 13.0 Å². The summed E-state index contributed by atoms with van der Waals surface area (Å²) in [6.45, 7) is 1.42. The molecule has 1 rings (SSSR count). The van der Waals surface area contributed by atoms with E-state index in [0.29, 0.717) is 12.3 Å². The highest BCUT2D eigenvalue weighted by molar-refractivity contribution is 7.98. The third kappa shape index (κ3) is 4.35. The predicted molar refractivity (Wildman–Crippen MR) is 58.2 cm³/mol. The third-order valence-electron chi connectivity index (χ3n) is 1.78. The van der Waals surface area contributed by atoms with Gasteiger partial charge in [0.1, 0.15) is 0 Å². The largest absolute Gasteiger partial charge is 0.476 e. The molecule has 1 aromatic rings. The van der Waals surface area contributed by atoms with Gasteiger partial charge >= 0.3 is 5.97 Å². The van der Waals surface area contributed by atoms with Gasteiger partial charge in [-0.2, -0.15) is 11.8 Å². The smallest absolute Gasteiger partial charge is 0.358 e. The van der Waals surface area contributed by atoms with Crippen LogP contribution in [-0.2, 0) is 6.54 Å². The SMILES string of the molecule is CSCCCNCc1cc(C(=O)O)no1. The molecule has 0 aliphatic carbocycles. The molecule has 15 heavy (non-hydrogen) atoms. The molecule has 0 unspecified atom stereocenters. The van der Waals surface area contributed by atoms with Crippen LogP contribution in [0.3, 0.4) is 0 Å². The minimum atomic E-state index is -1.06. The molecule has 6 heteroatoms. The van der Waals surface area contributed by atoms with Gasteiger partial charge in [0.2, 0.25) is 0 Å². The minimum Gasteiger partial charge on any atom is -0.476 e. The van der Waals surface area contributed by atoms with Crippen LogP contribution < -0.4 is 5.32 Å². The number of nitrogens with one attached hydrogen (secondary N) is 1. The van der Waals surface area contributed by atoms with Crippen LogP contribution in [0.25, 0.3) is 0 Å². The lowest BCUT2D eigenvalue weighted by atomic mass is 10.3. The average Bonchev–Trinajstić information content (AvgIpc) is 2.66. The maximum Gasteiger partial charge on any atom is 0.358 e. The molecule has 2 N–H and O–H groups in total. The molecule has 0 saturated heterocycles. The van der Waals surface area contributed by atoms with Crippen molar-refractivity contribution in [1.29, 1.82) is 0 Å². The second-order valence-electron chi connectivity index (χ2n) is 3.01. The van der Waals surface area contributed by atoms with Gasteiger partial charge in [-0.3, -0.25) is 0 Å². The highest BCUT2D eigenvalue weighted by Gasteiger charge is 2.09. The van der Waals surface area contributed by atoms with E-state index in [0.717, 1.165) is 18.7 Å². The molecular weight excluding hydrogens is 216 g/mol. The summed E-state index contributed by atoms with van der Waals surface area (Å²) in [6.07, 6.45) is 3.15. The Bertz CT molecular complexity index is 314. The molecule has 0 aromatic carbocycles. The quantitative estimate of drug-likeness (QED) is 0.686. The Labute approximate surface area is 92.2 Å². The summed E-state index contributed by atoms with van der Waals surface area (Å²) in [6, 6.07) is 1.43. The van der Waals surface area contributed by atoms with Gasteiger partial charge in [-0.25, -0.2) is 4.79 Å². The molecule has 0 fully saturated rings. The van der Waals surface area contributed by atoms with E-state index < -0.39 is 5.97 Å². The topological polar surface area (TPSA) is 75.4 Å². The average molecular weight is 230 g/mol. The van der Waals surface area contributed by atoms with Gasteiger partial charge in [0.05, 0.1) is 6.54 Å². The van der Waals surface area contributed by atoms with Crippen molar-refractivity contribution in [2.24, 2.45) is 0 Å². The monoisotopic (exact) mass is 230 g/mol.